The topological polar surface area (TPSA) is 9.23 Å². The number of para-hydroxylation sites is 1. The lowest BCUT2D eigenvalue weighted by molar-refractivity contribution is 0.495. The molecule has 0 spiro atoms. The number of benzene rings is 1. The van der Waals surface area contributed by atoms with Gasteiger partial charge in [-0.05, 0) is 25.0 Å². The van der Waals surface area contributed by atoms with Crippen LogP contribution in [0.2, 0.25) is 0 Å². The summed E-state index contributed by atoms with van der Waals surface area (Å²) in [7, 11) is -0.524. The van der Waals surface area contributed by atoms with E-state index in [4.69, 9.17) is 4.52 Å². The van der Waals surface area contributed by atoms with Crippen LogP contribution in [0.4, 0.5) is 0 Å². The minimum atomic E-state index is -0.524. The molecule has 102 valence electrons. The summed E-state index contributed by atoms with van der Waals surface area (Å²) in [6.45, 7) is 13.8. The fourth-order valence-electron chi connectivity index (χ4n) is 1.94. The minimum absolute atomic E-state index is 0.241. The van der Waals surface area contributed by atoms with E-state index in [9.17, 15) is 0 Å². The Labute approximate surface area is 114 Å². The van der Waals surface area contributed by atoms with Gasteiger partial charge < -0.3 is 4.52 Å². The largest absolute Gasteiger partial charge is 0.473 e. The predicted octanol–water partition coefficient (Wildman–Crippen LogP) is 5.84. The molecule has 0 aliphatic carbocycles. The third-order valence-electron chi connectivity index (χ3n) is 3.77. The molecular formula is C16H27OP. The Morgan fingerprint density at radius 1 is 0.889 bits per heavy atom. The molecule has 0 N–H and O–H groups in total. The number of hydrogen-bond donors (Lipinski definition) is 0. The van der Waals surface area contributed by atoms with Crippen LogP contribution < -0.4 is 4.52 Å². The Bertz CT molecular complexity index is 341. The highest BCUT2D eigenvalue weighted by Crippen LogP contribution is 2.62. The number of rotatable bonds is 6. The quantitative estimate of drug-likeness (QED) is 0.588. The third kappa shape index (κ3) is 3.72. The molecule has 0 heterocycles. The van der Waals surface area contributed by atoms with Crippen LogP contribution >= 0.6 is 8.15 Å². The average molecular weight is 266 g/mol. The van der Waals surface area contributed by atoms with Crippen LogP contribution in [0, 0.1) is 0 Å². The molecule has 1 aromatic rings. The molecule has 18 heavy (non-hydrogen) atoms. The summed E-state index contributed by atoms with van der Waals surface area (Å²) in [5, 5.41) is 0.482. The summed E-state index contributed by atoms with van der Waals surface area (Å²) in [5.41, 5.74) is 0. The summed E-state index contributed by atoms with van der Waals surface area (Å²) in [6.07, 6.45) is 2.30. The summed E-state index contributed by atoms with van der Waals surface area (Å²) in [4.78, 5) is 0. The molecule has 0 atom stereocenters. The molecule has 1 rings (SSSR count). The summed E-state index contributed by atoms with van der Waals surface area (Å²) < 4.78 is 6.39. The van der Waals surface area contributed by atoms with E-state index in [2.05, 4.69) is 53.7 Å². The van der Waals surface area contributed by atoms with Gasteiger partial charge in [0.1, 0.15) is 5.75 Å². The Kier molecular flexibility index (Phi) is 5.22. The lowest BCUT2D eigenvalue weighted by Crippen LogP contribution is -2.31. The van der Waals surface area contributed by atoms with Crippen LogP contribution in [-0.4, -0.2) is 10.3 Å². The van der Waals surface area contributed by atoms with Crippen molar-refractivity contribution < 1.29 is 4.52 Å². The zero-order valence-corrected chi connectivity index (χ0v) is 13.6. The number of hydrogen-bond acceptors (Lipinski definition) is 1. The van der Waals surface area contributed by atoms with Gasteiger partial charge in [0.05, 0.1) is 8.15 Å². The second-order valence-electron chi connectivity index (χ2n) is 6.03. The average Bonchev–Trinajstić information content (AvgIpc) is 2.37. The molecule has 0 aliphatic rings. The lowest BCUT2D eigenvalue weighted by Gasteiger charge is -2.43. The molecule has 1 aromatic carbocycles. The van der Waals surface area contributed by atoms with Gasteiger partial charge in [-0.3, -0.25) is 0 Å². The molecule has 0 saturated carbocycles. The van der Waals surface area contributed by atoms with Gasteiger partial charge in [-0.25, -0.2) is 0 Å². The van der Waals surface area contributed by atoms with Crippen molar-refractivity contribution >= 4 is 8.15 Å². The fourth-order valence-corrected chi connectivity index (χ4v) is 4.98. The molecule has 0 saturated heterocycles. The molecule has 0 aromatic heterocycles. The normalized spacial score (nSPS) is 12.8. The third-order valence-corrected chi connectivity index (χ3v) is 6.99. The van der Waals surface area contributed by atoms with E-state index >= 15 is 0 Å². The second kappa shape index (κ2) is 6.06. The van der Waals surface area contributed by atoms with E-state index in [1.807, 2.05) is 18.2 Å². The summed E-state index contributed by atoms with van der Waals surface area (Å²) >= 11 is 0. The van der Waals surface area contributed by atoms with Crippen molar-refractivity contribution in [1.82, 2.24) is 0 Å². The highest BCUT2D eigenvalue weighted by Gasteiger charge is 2.41. The standard InChI is InChI=1S/C16H27OP/c1-7-15(3,4)18(16(5,6)8-2)17-14-12-10-9-11-13-14/h9-13H,7-8H2,1-6H3. The second-order valence-corrected chi connectivity index (χ2v) is 9.22. The molecule has 0 unspecified atom stereocenters. The predicted molar refractivity (Wildman–Crippen MR) is 82.7 cm³/mol. The molecular weight excluding hydrogens is 239 g/mol. The van der Waals surface area contributed by atoms with E-state index < -0.39 is 8.15 Å². The molecule has 0 radical (unpaired) electrons. The maximum atomic E-state index is 6.39. The zero-order valence-electron chi connectivity index (χ0n) is 12.7. The van der Waals surface area contributed by atoms with Gasteiger partial charge in [-0.2, -0.15) is 0 Å². The van der Waals surface area contributed by atoms with Crippen LogP contribution in [0.5, 0.6) is 5.75 Å². The van der Waals surface area contributed by atoms with Gasteiger partial charge in [-0.15, -0.1) is 0 Å². The monoisotopic (exact) mass is 266 g/mol. The maximum Gasteiger partial charge on any atom is 0.123 e. The van der Waals surface area contributed by atoms with Crippen molar-refractivity contribution in [2.75, 3.05) is 0 Å². The van der Waals surface area contributed by atoms with Crippen molar-refractivity contribution in [1.29, 1.82) is 0 Å². The van der Waals surface area contributed by atoms with E-state index in [1.165, 1.54) is 0 Å². The van der Waals surface area contributed by atoms with Crippen molar-refractivity contribution in [3.63, 3.8) is 0 Å². The van der Waals surface area contributed by atoms with Crippen molar-refractivity contribution in [2.24, 2.45) is 0 Å². The van der Waals surface area contributed by atoms with Crippen molar-refractivity contribution in [2.45, 2.75) is 64.7 Å². The van der Waals surface area contributed by atoms with Gasteiger partial charge in [0.25, 0.3) is 0 Å². The van der Waals surface area contributed by atoms with E-state index in [-0.39, 0.29) is 10.3 Å². The fraction of sp³-hybridized carbons (Fsp3) is 0.625. The maximum absolute atomic E-state index is 6.39. The summed E-state index contributed by atoms with van der Waals surface area (Å²) in [5.74, 6) is 1.01. The Balaban J connectivity index is 2.99. The molecule has 0 bridgehead atoms. The van der Waals surface area contributed by atoms with E-state index in [1.54, 1.807) is 0 Å². The van der Waals surface area contributed by atoms with Gasteiger partial charge in [0, 0.05) is 10.3 Å². The van der Waals surface area contributed by atoms with Gasteiger partial charge in [-0.1, -0.05) is 59.7 Å². The zero-order chi connectivity index (χ0) is 13.8. The first-order valence-corrected chi connectivity index (χ1v) is 8.13. The van der Waals surface area contributed by atoms with Crippen molar-refractivity contribution in [3.05, 3.63) is 30.3 Å². The van der Waals surface area contributed by atoms with Crippen LogP contribution in [0.25, 0.3) is 0 Å². The van der Waals surface area contributed by atoms with E-state index in [0.717, 1.165) is 18.6 Å². The highest BCUT2D eigenvalue weighted by atomic mass is 31.1. The first-order valence-electron chi connectivity index (χ1n) is 6.87. The molecule has 2 heteroatoms. The Hall–Kier alpha value is -0.550. The smallest absolute Gasteiger partial charge is 0.123 e. The first kappa shape index (κ1) is 15.5. The van der Waals surface area contributed by atoms with Crippen LogP contribution in [-0.2, 0) is 0 Å². The van der Waals surface area contributed by atoms with Gasteiger partial charge in [0.15, 0.2) is 0 Å². The molecule has 1 nitrogen and oxygen atoms in total. The Morgan fingerprint density at radius 3 is 1.72 bits per heavy atom. The molecule has 0 aliphatic heterocycles. The molecule has 0 fully saturated rings. The van der Waals surface area contributed by atoms with Crippen molar-refractivity contribution in [3.8, 4) is 5.75 Å². The van der Waals surface area contributed by atoms with Gasteiger partial charge >= 0.3 is 0 Å². The van der Waals surface area contributed by atoms with Gasteiger partial charge in [0.2, 0.25) is 0 Å². The minimum Gasteiger partial charge on any atom is -0.473 e. The first-order chi connectivity index (χ1) is 8.33. The van der Waals surface area contributed by atoms with E-state index in [0.29, 0.717) is 0 Å². The summed E-state index contributed by atoms with van der Waals surface area (Å²) in [6, 6.07) is 10.2. The SMILES string of the molecule is CCC(C)(C)P(Oc1ccccc1)C(C)(C)CC. The van der Waals surface area contributed by atoms with Crippen LogP contribution in [0.3, 0.4) is 0 Å². The van der Waals surface area contributed by atoms with Crippen LogP contribution in [0.1, 0.15) is 54.4 Å². The molecule has 0 amide bonds. The lowest BCUT2D eigenvalue weighted by atomic mass is 10.1. The highest BCUT2D eigenvalue weighted by molar-refractivity contribution is 7.56. The van der Waals surface area contributed by atoms with Crippen LogP contribution in [0.15, 0.2) is 30.3 Å². The Morgan fingerprint density at radius 2 is 1.33 bits per heavy atom.